The van der Waals surface area contributed by atoms with Crippen molar-refractivity contribution in [2.24, 2.45) is 0 Å². The van der Waals surface area contributed by atoms with Gasteiger partial charge in [-0.2, -0.15) is 0 Å². The molecule has 24 heavy (non-hydrogen) atoms. The van der Waals surface area contributed by atoms with Crippen LogP contribution in [-0.4, -0.2) is 73.9 Å². The van der Waals surface area contributed by atoms with Crippen LogP contribution in [0.3, 0.4) is 0 Å². The SMILES string of the molecule is O=C1COc2ccc(N3C[C@@H](CN4CCNCC4)OC3=O)nc2N1. The zero-order chi connectivity index (χ0) is 16.5. The molecule has 2 N–H and O–H groups in total. The molecule has 1 atom stereocenters. The van der Waals surface area contributed by atoms with Crippen LogP contribution < -0.4 is 20.3 Å². The molecule has 0 saturated carbocycles. The minimum Gasteiger partial charge on any atom is -0.480 e. The second-order valence-corrected chi connectivity index (χ2v) is 6.02. The van der Waals surface area contributed by atoms with Crippen LogP contribution in [0.15, 0.2) is 12.1 Å². The third-order valence-corrected chi connectivity index (χ3v) is 4.28. The van der Waals surface area contributed by atoms with E-state index >= 15 is 0 Å². The van der Waals surface area contributed by atoms with Gasteiger partial charge >= 0.3 is 6.09 Å². The van der Waals surface area contributed by atoms with Gasteiger partial charge in [-0.25, -0.2) is 9.78 Å². The first-order chi connectivity index (χ1) is 11.7. The maximum Gasteiger partial charge on any atom is 0.416 e. The van der Waals surface area contributed by atoms with Gasteiger partial charge < -0.3 is 20.1 Å². The van der Waals surface area contributed by atoms with Crippen LogP contribution in [0.25, 0.3) is 0 Å². The van der Waals surface area contributed by atoms with Gasteiger partial charge in [0, 0.05) is 32.7 Å². The zero-order valence-electron chi connectivity index (χ0n) is 13.2. The van der Waals surface area contributed by atoms with E-state index in [-0.39, 0.29) is 18.6 Å². The van der Waals surface area contributed by atoms with E-state index in [0.717, 1.165) is 26.2 Å². The quantitative estimate of drug-likeness (QED) is 0.780. The van der Waals surface area contributed by atoms with Crippen molar-refractivity contribution in [2.75, 3.05) is 56.1 Å². The summed E-state index contributed by atoms with van der Waals surface area (Å²) < 4.78 is 10.7. The molecule has 2 fully saturated rings. The third kappa shape index (κ3) is 3.00. The van der Waals surface area contributed by atoms with Crippen molar-refractivity contribution in [3.8, 4) is 5.75 Å². The lowest BCUT2D eigenvalue weighted by atomic mass is 10.2. The van der Waals surface area contributed by atoms with Gasteiger partial charge in [-0.05, 0) is 12.1 Å². The summed E-state index contributed by atoms with van der Waals surface area (Å²) in [5.74, 6) is 1.03. The minimum atomic E-state index is -0.411. The predicted octanol–water partition coefficient (Wildman–Crippen LogP) is -0.357. The fourth-order valence-corrected chi connectivity index (χ4v) is 3.09. The van der Waals surface area contributed by atoms with Crippen molar-refractivity contribution in [3.63, 3.8) is 0 Å². The number of hydrogen-bond acceptors (Lipinski definition) is 7. The van der Waals surface area contributed by atoms with Crippen LogP contribution in [0.4, 0.5) is 16.4 Å². The molecule has 3 aliphatic rings. The summed E-state index contributed by atoms with van der Waals surface area (Å²) in [5.41, 5.74) is 0. The number of nitrogens with one attached hydrogen (secondary N) is 2. The lowest BCUT2D eigenvalue weighted by Gasteiger charge is -2.28. The van der Waals surface area contributed by atoms with E-state index in [0.29, 0.717) is 30.5 Å². The summed E-state index contributed by atoms with van der Waals surface area (Å²) in [4.78, 5) is 31.7. The Balaban J connectivity index is 1.45. The lowest BCUT2D eigenvalue weighted by molar-refractivity contribution is -0.118. The van der Waals surface area contributed by atoms with Gasteiger partial charge in [-0.15, -0.1) is 0 Å². The lowest BCUT2D eigenvalue weighted by Crippen LogP contribution is -2.46. The number of rotatable bonds is 3. The minimum absolute atomic E-state index is 0.0213. The Morgan fingerprint density at radius 1 is 1.25 bits per heavy atom. The Morgan fingerprint density at radius 2 is 2.08 bits per heavy atom. The summed E-state index contributed by atoms with van der Waals surface area (Å²) in [7, 11) is 0. The first-order valence-corrected chi connectivity index (χ1v) is 8.04. The van der Waals surface area contributed by atoms with Crippen LogP contribution in [-0.2, 0) is 9.53 Å². The number of carbonyl (C=O) groups is 2. The molecule has 2 saturated heterocycles. The van der Waals surface area contributed by atoms with E-state index in [9.17, 15) is 9.59 Å². The smallest absolute Gasteiger partial charge is 0.416 e. The number of amides is 2. The van der Waals surface area contributed by atoms with E-state index in [1.54, 1.807) is 12.1 Å². The van der Waals surface area contributed by atoms with Gasteiger partial charge in [0.2, 0.25) is 0 Å². The number of pyridine rings is 1. The first-order valence-electron chi connectivity index (χ1n) is 8.04. The van der Waals surface area contributed by atoms with E-state index < -0.39 is 6.09 Å². The molecule has 0 unspecified atom stereocenters. The van der Waals surface area contributed by atoms with Crippen LogP contribution in [0.1, 0.15) is 0 Å². The molecule has 0 aromatic carbocycles. The number of anilines is 2. The predicted molar refractivity (Wildman–Crippen MR) is 85.3 cm³/mol. The largest absolute Gasteiger partial charge is 0.480 e. The molecule has 0 aliphatic carbocycles. The van der Waals surface area contributed by atoms with E-state index in [4.69, 9.17) is 9.47 Å². The number of hydrogen-bond donors (Lipinski definition) is 2. The van der Waals surface area contributed by atoms with Gasteiger partial charge in [0.1, 0.15) is 11.9 Å². The Morgan fingerprint density at radius 3 is 2.92 bits per heavy atom. The van der Waals surface area contributed by atoms with Gasteiger partial charge in [0.05, 0.1) is 6.54 Å². The molecule has 0 bridgehead atoms. The number of aromatic nitrogens is 1. The highest BCUT2D eigenvalue weighted by Crippen LogP contribution is 2.30. The van der Waals surface area contributed by atoms with Crippen molar-refractivity contribution in [2.45, 2.75) is 6.10 Å². The van der Waals surface area contributed by atoms with E-state index in [2.05, 4.69) is 20.5 Å². The fourth-order valence-electron chi connectivity index (χ4n) is 3.09. The van der Waals surface area contributed by atoms with Crippen LogP contribution in [0, 0.1) is 0 Å². The first kappa shape index (κ1) is 15.2. The second kappa shape index (κ2) is 6.25. The molecular weight excluding hydrogens is 314 g/mol. The van der Waals surface area contributed by atoms with Gasteiger partial charge in [-0.1, -0.05) is 0 Å². The summed E-state index contributed by atoms with van der Waals surface area (Å²) in [6.07, 6.45) is -0.593. The van der Waals surface area contributed by atoms with E-state index in [1.165, 1.54) is 4.90 Å². The van der Waals surface area contributed by atoms with Crippen LogP contribution in [0.2, 0.25) is 0 Å². The summed E-state index contributed by atoms with van der Waals surface area (Å²) in [6, 6.07) is 3.40. The molecule has 1 aromatic rings. The number of nitrogens with zero attached hydrogens (tertiary/aromatic N) is 3. The molecule has 2 amide bonds. The third-order valence-electron chi connectivity index (χ3n) is 4.28. The number of piperazine rings is 1. The molecule has 4 heterocycles. The highest BCUT2D eigenvalue weighted by Gasteiger charge is 2.35. The average Bonchev–Trinajstić information content (AvgIpc) is 2.95. The molecule has 0 radical (unpaired) electrons. The van der Waals surface area contributed by atoms with Gasteiger partial charge in [-0.3, -0.25) is 14.6 Å². The molecular formula is C15H19N5O4. The Labute approximate surface area is 138 Å². The van der Waals surface area contributed by atoms with Gasteiger partial charge in [0.25, 0.3) is 5.91 Å². The van der Waals surface area contributed by atoms with Crippen LogP contribution in [0.5, 0.6) is 5.75 Å². The highest BCUT2D eigenvalue weighted by atomic mass is 16.6. The van der Waals surface area contributed by atoms with Gasteiger partial charge in [0.15, 0.2) is 18.2 Å². The van der Waals surface area contributed by atoms with Crippen molar-refractivity contribution in [1.82, 2.24) is 15.2 Å². The Hall–Kier alpha value is -2.39. The molecule has 128 valence electrons. The molecule has 4 rings (SSSR count). The maximum atomic E-state index is 12.2. The van der Waals surface area contributed by atoms with E-state index in [1.807, 2.05) is 0 Å². The number of ether oxygens (including phenoxy) is 2. The molecule has 3 aliphatic heterocycles. The Kier molecular flexibility index (Phi) is 3.95. The van der Waals surface area contributed by atoms with Crippen molar-refractivity contribution >= 4 is 23.6 Å². The average molecular weight is 333 g/mol. The van der Waals surface area contributed by atoms with Crippen molar-refractivity contribution in [3.05, 3.63) is 12.1 Å². The number of fused-ring (bicyclic) bond motifs is 1. The summed E-state index contributed by atoms with van der Waals surface area (Å²) >= 11 is 0. The maximum absolute atomic E-state index is 12.2. The van der Waals surface area contributed by atoms with Crippen molar-refractivity contribution in [1.29, 1.82) is 0 Å². The Bertz CT molecular complexity index is 661. The zero-order valence-corrected chi connectivity index (χ0v) is 13.2. The second-order valence-electron chi connectivity index (χ2n) is 6.02. The van der Waals surface area contributed by atoms with Crippen LogP contribution >= 0.6 is 0 Å². The molecule has 9 heteroatoms. The molecule has 0 spiro atoms. The summed E-state index contributed by atoms with van der Waals surface area (Å²) in [5, 5.41) is 5.95. The fraction of sp³-hybridized carbons (Fsp3) is 0.533. The monoisotopic (exact) mass is 333 g/mol. The molecule has 9 nitrogen and oxygen atoms in total. The normalized spacial score (nSPS) is 24.2. The highest BCUT2D eigenvalue weighted by molar-refractivity contribution is 5.95. The molecule has 1 aromatic heterocycles. The topological polar surface area (TPSA) is 96.0 Å². The summed E-state index contributed by atoms with van der Waals surface area (Å²) in [6.45, 7) is 4.96. The van der Waals surface area contributed by atoms with Crippen molar-refractivity contribution < 1.29 is 19.1 Å². The number of cyclic esters (lactones) is 1. The number of carbonyl (C=O) groups excluding carboxylic acids is 2. The standard InChI is InChI=1S/C15H19N5O4/c21-13-9-23-11-1-2-12(17-14(11)18-13)20-8-10(24-15(20)22)7-19-5-3-16-4-6-19/h1-2,10,16H,3-9H2,(H,17,18,21)/t10-/m1/s1.